The second-order valence-electron chi connectivity index (χ2n) is 4.62. The lowest BCUT2D eigenvalue weighted by atomic mass is 10.3. The van der Waals surface area contributed by atoms with Gasteiger partial charge in [-0.3, -0.25) is 0 Å². The normalized spacial score (nSPS) is 15.8. The number of carboxylic acids is 1. The Morgan fingerprint density at radius 2 is 2.30 bits per heavy atom. The Morgan fingerprint density at radius 1 is 1.50 bits per heavy atom. The van der Waals surface area contributed by atoms with Crippen LogP contribution in [0.25, 0.3) is 0 Å². The summed E-state index contributed by atoms with van der Waals surface area (Å²) in [4.78, 5) is 10.7. The summed E-state index contributed by atoms with van der Waals surface area (Å²) >= 11 is 1.42. The Kier molecular flexibility index (Phi) is 3.68. The zero-order valence-electron chi connectivity index (χ0n) is 10.6. The van der Waals surface area contributed by atoms with E-state index in [2.05, 4.69) is 20.7 Å². The molecule has 8 nitrogen and oxygen atoms in total. The number of carbonyl (C=O) groups is 1. The summed E-state index contributed by atoms with van der Waals surface area (Å²) in [6.07, 6.45) is 4.62. The van der Waals surface area contributed by atoms with Crippen molar-refractivity contribution in [2.45, 2.75) is 42.6 Å². The molecule has 106 valence electrons. The van der Waals surface area contributed by atoms with E-state index in [-0.39, 0.29) is 5.69 Å². The summed E-state index contributed by atoms with van der Waals surface area (Å²) < 4.78 is 6.81. The van der Waals surface area contributed by atoms with Crippen LogP contribution in [0.1, 0.15) is 48.0 Å². The molecular formula is C11H13N5O3S. The maximum atomic E-state index is 10.7. The highest BCUT2D eigenvalue weighted by Gasteiger charge is 2.22. The summed E-state index contributed by atoms with van der Waals surface area (Å²) in [6, 6.07) is 1.79. The van der Waals surface area contributed by atoms with Gasteiger partial charge in [0.15, 0.2) is 5.69 Å². The quantitative estimate of drug-likeness (QED) is 0.831. The number of aromatic carboxylic acids is 1. The standard InChI is InChI=1S/C11H13N5O3S/c17-10(18)9-5-8(19-13-9)6-20-11-12-14-15-16(11)7-3-1-2-4-7/h5,7H,1-4,6H2,(H,17,18). The van der Waals surface area contributed by atoms with Gasteiger partial charge in [-0.15, -0.1) is 5.10 Å². The molecule has 0 aliphatic heterocycles. The van der Waals surface area contributed by atoms with Crippen molar-refractivity contribution in [2.24, 2.45) is 0 Å². The van der Waals surface area contributed by atoms with Crippen LogP contribution in [0.3, 0.4) is 0 Å². The van der Waals surface area contributed by atoms with E-state index in [1.54, 1.807) is 0 Å². The lowest BCUT2D eigenvalue weighted by molar-refractivity contribution is 0.0685. The third-order valence-electron chi connectivity index (χ3n) is 3.25. The molecule has 2 aromatic rings. The molecule has 1 fully saturated rings. The predicted molar refractivity (Wildman–Crippen MR) is 68.3 cm³/mol. The van der Waals surface area contributed by atoms with E-state index in [1.807, 2.05) is 4.68 Å². The predicted octanol–water partition coefficient (Wildman–Crippen LogP) is 1.77. The molecule has 3 rings (SSSR count). The summed E-state index contributed by atoms with van der Waals surface area (Å²) in [6.45, 7) is 0. The third kappa shape index (κ3) is 2.67. The lowest BCUT2D eigenvalue weighted by Crippen LogP contribution is -2.08. The third-order valence-corrected chi connectivity index (χ3v) is 4.21. The first kappa shape index (κ1) is 13.1. The SMILES string of the molecule is O=C(O)c1cc(CSc2nnnn2C2CCCC2)on1. The van der Waals surface area contributed by atoms with Crippen molar-refractivity contribution in [3.63, 3.8) is 0 Å². The number of carboxylic acid groups (broad SMARTS) is 1. The highest BCUT2D eigenvalue weighted by molar-refractivity contribution is 7.98. The maximum Gasteiger partial charge on any atom is 0.358 e. The summed E-state index contributed by atoms with van der Waals surface area (Å²) in [5, 5.41) is 24.7. The number of nitrogens with zero attached hydrogens (tertiary/aromatic N) is 5. The maximum absolute atomic E-state index is 10.7. The van der Waals surface area contributed by atoms with Gasteiger partial charge in [0.1, 0.15) is 5.76 Å². The minimum atomic E-state index is -1.10. The van der Waals surface area contributed by atoms with E-state index in [9.17, 15) is 4.79 Å². The van der Waals surface area contributed by atoms with Crippen molar-refractivity contribution in [3.8, 4) is 0 Å². The topological polar surface area (TPSA) is 107 Å². The van der Waals surface area contributed by atoms with Crippen LogP contribution in [0.5, 0.6) is 0 Å². The molecule has 1 aliphatic rings. The van der Waals surface area contributed by atoms with Crippen LogP contribution >= 0.6 is 11.8 Å². The van der Waals surface area contributed by atoms with Crippen molar-refractivity contribution in [3.05, 3.63) is 17.5 Å². The second kappa shape index (κ2) is 5.61. The van der Waals surface area contributed by atoms with Gasteiger partial charge < -0.3 is 9.63 Å². The van der Waals surface area contributed by atoms with Gasteiger partial charge in [0.05, 0.1) is 11.8 Å². The van der Waals surface area contributed by atoms with Gasteiger partial charge in [-0.25, -0.2) is 9.48 Å². The Bertz CT molecular complexity index is 605. The molecule has 2 aromatic heterocycles. The van der Waals surface area contributed by atoms with Crippen LogP contribution in [0.15, 0.2) is 15.7 Å². The average Bonchev–Trinajstić information content (AvgIpc) is 3.17. The first-order valence-electron chi connectivity index (χ1n) is 6.33. The number of aromatic nitrogens is 5. The summed E-state index contributed by atoms with van der Waals surface area (Å²) in [5.74, 6) is -0.151. The zero-order chi connectivity index (χ0) is 13.9. The van der Waals surface area contributed by atoms with Gasteiger partial charge in [0.25, 0.3) is 0 Å². The Hall–Kier alpha value is -1.90. The molecule has 0 aromatic carbocycles. The highest BCUT2D eigenvalue weighted by Crippen LogP contribution is 2.32. The molecule has 0 atom stereocenters. The Labute approximate surface area is 118 Å². The van der Waals surface area contributed by atoms with E-state index in [4.69, 9.17) is 9.63 Å². The largest absolute Gasteiger partial charge is 0.476 e. The molecule has 1 saturated carbocycles. The molecule has 2 heterocycles. The van der Waals surface area contributed by atoms with Crippen molar-refractivity contribution in [1.82, 2.24) is 25.4 Å². The molecule has 9 heteroatoms. The zero-order valence-corrected chi connectivity index (χ0v) is 11.4. The molecule has 1 aliphatic carbocycles. The number of tetrazole rings is 1. The highest BCUT2D eigenvalue weighted by atomic mass is 32.2. The molecule has 0 spiro atoms. The number of hydrogen-bond acceptors (Lipinski definition) is 7. The van der Waals surface area contributed by atoms with Crippen LogP contribution in [0, 0.1) is 0 Å². The minimum Gasteiger partial charge on any atom is -0.476 e. The van der Waals surface area contributed by atoms with Crippen LogP contribution in [0.2, 0.25) is 0 Å². The van der Waals surface area contributed by atoms with Crippen LogP contribution in [-0.4, -0.2) is 36.4 Å². The van der Waals surface area contributed by atoms with Gasteiger partial charge in [0.2, 0.25) is 5.16 Å². The molecule has 0 unspecified atom stereocenters. The van der Waals surface area contributed by atoms with E-state index < -0.39 is 5.97 Å². The van der Waals surface area contributed by atoms with Crippen molar-refractivity contribution in [1.29, 1.82) is 0 Å². The molecular weight excluding hydrogens is 282 g/mol. The van der Waals surface area contributed by atoms with E-state index in [0.717, 1.165) is 18.0 Å². The molecule has 0 radical (unpaired) electrons. The van der Waals surface area contributed by atoms with Crippen molar-refractivity contribution < 1.29 is 14.4 Å². The van der Waals surface area contributed by atoms with Gasteiger partial charge in [0, 0.05) is 6.07 Å². The number of thioether (sulfide) groups is 1. The number of hydrogen-bond donors (Lipinski definition) is 1. The van der Waals surface area contributed by atoms with Crippen molar-refractivity contribution >= 4 is 17.7 Å². The smallest absolute Gasteiger partial charge is 0.358 e. The van der Waals surface area contributed by atoms with Crippen LogP contribution in [0.4, 0.5) is 0 Å². The van der Waals surface area contributed by atoms with Gasteiger partial charge in [-0.2, -0.15) is 0 Å². The molecule has 0 amide bonds. The van der Waals surface area contributed by atoms with Gasteiger partial charge in [-0.05, 0) is 23.3 Å². The number of rotatable bonds is 5. The minimum absolute atomic E-state index is 0.0871. The first-order chi connectivity index (χ1) is 9.74. The molecule has 20 heavy (non-hydrogen) atoms. The summed E-state index contributed by atoms with van der Waals surface area (Å²) in [5.41, 5.74) is -0.0871. The Morgan fingerprint density at radius 3 is 3.00 bits per heavy atom. The fourth-order valence-electron chi connectivity index (χ4n) is 2.28. The fourth-order valence-corrected chi connectivity index (χ4v) is 3.10. The first-order valence-corrected chi connectivity index (χ1v) is 7.32. The lowest BCUT2D eigenvalue weighted by Gasteiger charge is -2.09. The van der Waals surface area contributed by atoms with Crippen LogP contribution in [-0.2, 0) is 5.75 Å². The Balaban J connectivity index is 1.66. The van der Waals surface area contributed by atoms with Gasteiger partial charge >= 0.3 is 5.97 Å². The molecule has 1 N–H and O–H groups in total. The molecule has 0 saturated heterocycles. The second-order valence-corrected chi connectivity index (χ2v) is 5.56. The van der Waals surface area contributed by atoms with E-state index >= 15 is 0 Å². The van der Waals surface area contributed by atoms with Crippen LogP contribution < -0.4 is 0 Å². The summed E-state index contributed by atoms with van der Waals surface area (Å²) in [7, 11) is 0. The van der Waals surface area contributed by atoms with Gasteiger partial charge in [-0.1, -0.05) is 29.8 Å². The van der Waals surface area contributed by atoms with E-state index in [0.29, 0.717) is 17.6 Å². The molecule has 0 bridgehead atoms. The monoisotopic (exact) mass is 295 g/mol. The fraction of sp³-hybridized carbons (Fsp3) is 0.545. The average molecular weight is 295 g/mol. The van der Waals surface area contributed by atoms with Crippen molar-refractivity contribution in [2.75, 3.05) is 0 Å². The van der Waals surface area contributed by atoms with E-state index in [1.165, 1.54) is 30.7 Å².